The molecule has 5 nitrogen and oxygen atoms in total. The molecule has 1 unspecified atom stereocenters. The fourth-order valence-electron chi connectivity index (χ4n) is 1.72. The quantitative estimate of drug-likeness (QED) is 0.539. The Morgan fingerprint density at radius 3 is 2.28 bits per heavy atom. The minimum Gasteiger partial charge on any atom is -0.768 e. The van der Waals surface area contributed by atoms with E-state index in [4.69, 9.17) is 9.31 Å². The van der Waals surface area contributed by atoms with Crippen molar-refractivity contribution in [1.29, 1.82) is 0 Å². The number of rotatable bonds is 2. The zero-order valence-corrected chi connectivity index (χ0v) is 11.0. The topological polar surface area (TPSA) is 61.8 Å². The standard InChI is InChI=1S/C11H16BNO4S/c1-13-6-8-16-12(17-9-7-13)10-2-4-11(5-3-10)18(14)15/h2-5H,6-9H2,1H3,(H,14,15)/p-1. The lowest BCUT2D eigenvalue weighted by molar-refractivity contribution is 0.132. The van der Waals surface area contributed by atoms with E-state index in [1.54, 1.807) is 24.3 Å². The molecule has 1 aromatic carbocycles. The van der Waals surface area contributed by atoms with Gasteiger partial charge in [-0.25, -0.2) is 0 Å². The highest BCUT2D eigenvalue weighted by Gasteiger charge is 2.23. The van der Waals surface area contributed by atoms with Crippen LogP contribution in [0.15, 0.2) is 29.2 Å². The van der Waals surface area contributed by atoms with Crippen LogP contribution in [0.3, 0.4) is 0 Å². The zero-order chi connectivity index (χ0) is 13.0. The molecule has 1 aromatic rings. The number of hydrogen-bond donors (Lipinski definition) is 0. The van der Waals surface area contributed by atoms with E-state index in [9.17, 15) is 8.76 Å². The molecule has 7 heteroatoms. The number of hydrogen-bond acceptors (Lipinski definition) is 5. The Morgan fingerprint density at radius 2 is 1.78 bits per heavy atom. The van der Waals surface area contributed by atoms with E-state index >= 15 is 0 Å². The van der Waals surface area contributed by atoms with Gasteiger partial charge in [-0.2, -0.15) is 0 Å². The molecule has 1 aliphatic rings. The minimum atomic E-state index is -2.19. The Morgan fingerprint density at radius 1 is 1.22 bits per heavy atom. The van der Waals surface area contributed by atoms with Crippen LogP contribution in [-0.2, 0) is 20.4 Å². The SMILES string of the molecule is CN1CCOB(c2ccc(S(=O)[O-])cc2)OCC1. The predicted molar refractivity (Wildman–Crippen MR) is 68.4 cm³/mol. The van der Waals surface area contributed by atoms with Crippen molar-refractivity contribution in [3.63, 3.8) is 0 Å². The summed E-state index contributed by atoms with van der Waals surface area (Å²) >= 11 is -2.19. The van der Waals surface area contributed by atoms with Crippen LogP contribution in [0.1, 0.15) is 0 Å². The molecule has 0 bridgehead atoms. The summed E-state index contributed by atoms with van der Waals surface area (Å²) in [6.45, 7) is 2.91. The highest BCUT2D eigenvalue weighted by atomic mass is 32.2. The molecule has 0 aliphatic carbocycles. The van der Waals surface area contributed by atoms with Gasteiger partial charge >= 0.3 is 7.12 Å². The van der Waals surface area contributed by atoms with Crippen molar-refractivity contribution < 1.29 is 18.1 Å². The summed E-state index contributed by atoms with van der Waals surface area (Å²) in [4.78, 5) is 2.41. The molecule has 1 fully saturated rings. The second kappa shape index (κ2) is 6.44. The normalized spacial score (nSPS) is 20.2. The average Bonchev–Trinajstić information content (AvgIpc) is 2.34. The van der Waals surface area contributed by atoms with Crippen LogP contribution in [0, 0.1) is 0 Å². The fourth-order valence-corrected chi connectivity index (χ4v) is 2.08. The van der Waals surface area contributed by atoms with Gasteiger partial charge in [-0.15, -0.1) is 0 Å². The van der Waals surface area contributed by atoms with Gasteiger partial charge in [0.1, 0.15) is 0 Å². The summed E-state index contributed by atoms with van der Waals surface area (Å²) < 4.78 is 32.8. The predicted octanol–water partition coefficient (Wildman–Crippen LogP) is -0.402. The van der Waals surface area contributed by atoms with Gasteiger partial charge < -0.3 is 18.8 Å². The van der Waals surface area contributed by atoms with Crippen molar-refractivity contribution >= 4 is 23.7 Å². The molecule has 0 spiro atoms. The molecule has 1 saturated heterocycles. The summed E-state index contributed by atoms with van der Waals surface area (Å²) in [7, 11) is 1.61. The highest BCUT2D eigenvalue weighted by molar-refractivity contribution is 7.79. The van der Waals surface area contributed by atoms with Crippen molar-refractivity contribution in [3.8, 4) is 0 Å². The van der Waals surface area contributed by atoms with Gasteiger partial charge in [-0.3, -0.25) is 4.21 Å². The monoisotopic (exact) mass is 268 g/mol. The third-order valence-electron chi connectivity index (χ3n) is 2.83. The average molecular weight is 268 g/mol. The first-order chi connectivity index (χ1) is 8.66. The van der Waals surface area contributed by atoms with Gasteiger partial charge in [0.15, 0.2) is 0 Å². The first-order valence-electron chi connectivity index (χ1n) is 5.78. The van der Waals surface area contributed by atoms with E-state index in [0.29, 0.717) is 13.2 Å². The van der Waals surface area contributed by atoms with Crippen LogP contribution in [0.25, 0.3) is 0 Å². The zero-order valence-electron chi connectivity index (χ0n) is 10.2. The van der Waals surface area contributed by atoms with Crippen LogP contribution in [0.2, 0.25) is 0 Å². The van der Waals surface area contributed by atoms with Crippen LogP contribution in [-0.4, -0.2) is 54.1 Å². The van der Waals surface area contributed by atoms with Gasteiger partial charge in [0.05, 0.1) is 0 Å². The van der Waals surface area contributed by atoms with Gasteiger partial charge in [0.25, 0.3) is 0 Å². The van der Waals surface area contributed by atoms with E-state index in [1.807, 2.05) is 7.05 Å². The van der Waals surface area contributed by atoms with Gasteiger partial charge in [0, 0.05) is 31.2 Å². The second-order valence-corrected chi connectivity index (χ2v) is 5.12. The lowest BCUT2D eigenvalue weighted by atomic mass is 9.79. The molecule has 2 rings (SSSR count). The Labute approximate surface area is 110 Å². The largest absolute Gasteiger partial charge is 0.768 e. The summed E-state index contributed by atoms with van der Waals surface area (Å²) in [5, 5.41) is 0. The lowest BCUT2D eigenvalue weighted by Crippen LogP contribution is -2.43. The number of nitrogens with zero attached hydrogens (tertiary/aromatic N) is 1. The van der Waals surface area contributed by atoms with Crippen LogP contribution < -0.4 is 5.46 Å². The molecular formula is C11H15BNO4S-. The summed E-state index contributed by atoms with van der Waals surface area (Å²) in [6, 6.07) is 6.55. The molecule has 0 aromatic heterocycles. The highest BCUT2D eigenvalue weighted by Crippen LogP contribution is 2.04. The Kier molecular flexibility index (Phi) is 4.90. The van der Waals surface area contributed by atoms with Crippen LogP contribution in [0.4, 0.5) is 0 Å². The molecule has 1 aliphatic heterocycles. The van der Waals surface area contributed by atoms with Gasteiger partial charge in [-0.1, -0.05) is 12.1 Å². The van der Waals surface area contributed by atoms with Crippen LogP contribution in [0.5, 0.6) is 0 Å². The minimum absolute atomic E-state index is 0.268. The molecule has 0 radical (unpaired) electrons. The van der Waals surface area contributed by atoms with Crippen LogP contribution >= 0.6 is 0 Å². The maximum Gasteiger partial charge on any atom is 0.493 e. The molecule has 1 heterocycles. The summed E-state index contributed by atoms with van der Waals surface area (Å²) in [5.74, 6) is 0. The number of likely N-dealkylation sites (N-methyl/N-ethyl adjacent to an activating group) is 1. The van der Waals surface area contributed by atoms with E-state index in [-0.39, 0.29) is 4.90 Å². The van der Waals surface area contributed by atoms with Gasteiger partial charge in [-0.05, 0) is 35.7 Å². The molecule has 0 amide bonds. The Bertz CT molecular complexity index is 404. The van der Waals surface area contributed by atoms with Gasteiger partial charge in [0.2, 0.25) is 0 Å². The lowest BCUT2D eigenvalue weighted by Gasteiger charge is -2.24. The van der Waals surface area contributed by atoms with Crippen molar-refractivity contribution in [3.05, 3.63) is 24.3 Å². The fraction of sp³-hybridized carbons (Fsp3) is 0.455. The summed E-state index contributed by atoms with van der Waals surface area (Å²) in [5.41, 5.74) is 0.841. The molecule has 18 heavy (non-hydrogen) atoms. The summed E-state index contributed by atoms with van der Waals surface area (Å²) in [6.07, 6.45) is 0. The molecule has 1 atom stereocenters. The molecule has 0 saturated carbocycles. The molecule has 98 valence electrons. The molecule has 0 N–H and O–H groups in total. The van der Waals surface area contributed by atoms with Crippen molar-refractivity contribution in [2.75, 3.05) is 33.4 Å². The first-order valence-corrected chi connectivity index (χ1v) is 6.85. The Hall–Kier alpha value is -0.725. The maximum absolute atomic E-state index is 10.8. The second-order valence-electron chi connectivity index (χ2n) is 4.18. The van der Waals surface area contributed by atoms with Crippen molar-refractivity contribution in [1.82, 2.24) is 4.90 Å². The molecular weight excluding hydrogens is 253 g/mol. The van der Waals surface area contributed by atoms with Crippen molar-refractivity contribution in [2.24, 2.45) is 0 Å². The Balaban J connectivity index is 2.03. The van der Waals surface area contributed by atoms with E-state index < -0.39 is 18.2 Å². The van der Waals surface area contributed by atoms with Crippen molar-refractivity contribution in [2.45, 2.75) is 4.90 Å². The third kappa shape index (κ3) is 3.63. The maximum atomic E-state index is 10.8. The third-order valence-corrected chi connectivity index (χ3v) is 3.49. The number of benzene rings is 1. The van der Waals surface area contributed by atoms with E-state index in [1.165, 1.54) is 0 Å². The van der Waals surface area contributed by atoms with E-state index in [0.717, 1.165) is 18.6 Å². The first kappa shape index (κ1) is 13.7. The smallest absolute Gasteiger partial charge is 0.493 e. The van der Waals surface area contributed by atoms with E-state index in [2.05, 4.69) is 4.90 Å².